The molecule has 0 heterocycles. The predicted octanol–water partition coefficient (Wildman–Crippen LogP) is 3.90. The van der Waals surface area contributed by atoms with Crippen LogP contribution in [-0.2, 0) is 0 Å². The van der Waals surface area contributed by atoms with Gasteiger partial charge >= 0.3 is 0 Å². The molecule has 0 spiro atoms. The molecule has 1 aliphatic carbocycles. The van der Waals surface area contributed by atoms with Crippen molar-refractivity contribution in [1.82, 2.24) is 0 Å². The third kappa shape index (κ3) is 2.56. The highest BCUT2D eigenvalue weighted by atomic mass is 19.2. The third-order valence-electron chi connectivity index (χ3n) is 4.17. The molecule has 100 valence electrons. The first-order chi connectivity index (χ1) is 8.65. The molecule has 3 heteroatoms. The molecule has 0 saturated heterocycles. The summed E-state index contributed by atoms with van der Waals surface area (Å²) in [6.45, 7) is 2.15. The van der Waals surface area contributed by atoms with Crippen molar-refractivity contribution >= 4 is 0 Å². The van der Waals surface area contributed by atoms with Gasteiger partial charge in [-0.2, -0.15) is 0 Å². The van der Waals surface area contributed by atoms with Gasteiger partial charge in [0.1, 0.15) is 0 Å². The van der Waals surface area contributed by atoms with Gasteiger partial charge in [0.25, 0.3) is 0 Å². The molecule has 2 N–H and O–H groups in total. The summed E-state index contributed by atoms with van der Waals surface area (Å²) in [6.07, 6.45) is 5.34. The number of hydrogen-bond donors (Lipinski definition) is 1. The van der Waals surface area contributed by atoms with E-state index in [4.69, 9.17) is 5.73 Å². The second-order valence-electron chi connectivity index (χ2n) is 5.34. The Hall–Kier alpha value is -0.960. The Morgan fingerprint density at radius 2 is 1.83 bits per heavy atom. The van der Waals surface area contributed by atoms with Gasteiger partial charge in [0.15, 0.2) is 11.6 Å². The highest BCUT2D eigenvalue weighted by Crippen LogP contribution is 2.37. The van der Waals surface area contributed by atoms with Crippen molar-refractivity contribution in [2.24, 2.45) is 11.7 Å². The highest BCUT2D eigenvalue weighted by Gasteiger charge is 2.27. The summed E-state index contributed by atoms with van der Waals surface area (Å²) in [5.74, 6) is -1.01. The molecule has 2 rings (SSSR count). The average molecular weight is 253 g/mol. The zero-order chi connectivity index (χ0) is 13.1. The Morgan fingerprint density at radius 3 is 2.56 bits per heavy atom. The number of rotatable bonds is 2. The molecule has 0 radical (unpaired) electrons. The van der Waals surface area contributed by atoms with Gasteiger partial charge < -0.3 is 5.73 Å². The maximum atomic E-state index is 14.1. The lowest BCUT2D eigenvalue weighted by Gasteiger charge is -2.25. The summed E-state index contributed by atoms with van der Waals surface area (Å²) in [4.78, 5) is 0. The van der Waals surface area contributed by atoms with Crippen LogP contribution in [-0.4, -0.2) is 6.54 Å². The zero-order valence-corrected chi connectivity index (χ0v) is 10.9. The number of halogens is 2. The van der Waals surface area contributed by atoms with E-state index in [1.807, 2.05) is 0 Å². The SMILES string of the molecule is Cc1ccc(C2CCCCCC2CN)c(F)c1F. The molecule has 1 aromatic carbocycles. The zero-order valence-electron chi connectivity index (χ0n) is 10.9. The number of hydrogen-bond acceptors (Lipinski definition) is 1. The first-order valence-electron chi connectivity index (χ1n) is 6.79. The lowest BCUT2D eigenvalue weighted by Crippen LogP contribution is -2.22. The van der Waals surface area contributed by atoms with Gasteiger partial charge in [-0.15, -0.1) is 0 Å². The second-order valence-corrected chi connectivity index (χ2v) is 5.34. The fourth-order valence-electron chi connectivity index (χ4n) is 3.02. The van der Waals surface area contributed by atoms with Gasteiger partial charge in [0, 0.05) is 0 Å². The summed E-state index contributed by atoms with van der Waals surface area (Å²) in [5.41, 5.74) is 6.70. The van der Waals surface area contributed by atoms with Crippen molar-refractivity contribution < 1.29 is 8.78 Å². The van der Waals surface area contributed by atoms with E-state index in [9.17, 15) is 8.78 Å². The Morgan fingerprint density at radius 1 is 1.11 bits per heavy atom. The quantitative estimate of drug-likeness (QED) is 0.795. The highest BCUT2D eigenvalue weighted by molar-refractivity contribution is 5.29. The molecule has 1 saturated carbocycles. The van der Waals surface area contributed by atoms with Crippen LogP contribution in [0.1, 0.15) is 49.1 Å². The minimum Gasteiger partial charge on any atom is -0.330 e. The number of nitrogens with two attached hydrogens (primary N) is 1. The number of benzene rings is 1. The first kappa shape index (κ1) is 13.5. The van der Waals surface area contributed by atoms with Crippen LogP contribution < -0.4 is 5.73 Å². The Bertz CT molecular complexity index is 417. The van der Waals surface area contributed by atoms with Crippen LogP contribution in [0.25, 0.3) is 0 Å². The van der Waals surface area contributed by atoms with Gasteiger partial charge in [-0.3, -0.25) is 0 Å². The average Bonchev–Trinajstić information content (AvgIpc) is 2.61. The van der Waals surface area contributed by atoms with Crippen LogP contribution in [0.4, 0.5) is 8.78 Å². The molecule has 2 atom stereocenters. The van der Waals surface area contributed by atoms with Gasteiger partial charge in [0.05, 0.1) is 0 Å². The van der Waals surface area contributed by atoms with E-state index in [1.54, 1.807) is 19.1 Å². The topological polar surface area (TPSA) is 26.0 Å². The standard InChI is InChI=1S/C15H21F2N/c1-10-7-8-13(15(17)14(10)16)12-6-4-2-3-5-11(12)9-18/h7-8,11-12H,2-6,9,18H2,1H3. The molecule has 0 aliphatic heterocycles. The van der Waals surface area contributed by atoms with Crippen LogP contribution in [0.3, 0.4) is 0 Å². The van der Waals surface area contributed by atoms with Crippen molar-refractivity contribution in [3.63, 3.8) is 0 Å². The van der Waals surface area contributed by atoms with E-state index >= 15 is 0 Å². The minimum absolute atomic E-state index is 0.0765. The fraction of sp³-hybridized carbons (Fsp3) is 0.600. The van der Waals surface area contributed by atoms with Crippen LogP contribution in [0.5, 0.6) is 0 Å². The Balaban J connectivity index is 2.36. The van der Waals surface area contributed by atoms with Crippen molar-refractivity contribution in [2.75, 3.05) is 6.54 Å². The smallest absolute Gasteiger partial charge is 0.162 e. The summed E-state index contributed by atoms with van der Waals surface area (Å²) >= 11 is 0. The lowest BCUT2D eigenvalue weighted by molar-refractivity contribution is 0.387. The van der Waals surface area contributed by atoms with E-state index in [2.05, 4.69) is 0 Å². The first-order valence-corrected chi connectivity index (χ1v) is 6.79. The van der Waals surface area contributed by atoms with Crippen LogP contribution in [0, 0.1) is 24.5 Å². The normalized spacial score (nSPS) is 24.9. The van der Waals surface area contributed by atoms with Crippen LogP contribution in [0.2, 0.25) is 0 Å². The molecule has 1 aliphatic rings. The maximum Gasteiger partial charge on any atom is 0.162 e. The molecular formula is C15H21F2N. The molecular weight excluding hydrogens is 232 g/mol. The summed E-state index contributed by atoms with van der Waals surface area (Å²) in [7, 11) is 0. The van der Waals surface area contributed by atoms with Crippen molar-refractivity contribution in [2.45, 2.75) is 44.9 Å². The monoisotopic (exact) mass is 253 g/mol. The summed E-state index contributed by atoms with van der Waals surface area (Å²) in [6, 6.07) is 3.42. The molecule has 0 bridgehead atoms. The fourth-order valence-corrected chi connectivity index (χ4v) is 3.02. The van der Waals surface area contributed by atoms with E-state index in [1.165, 1.54) is 6.42 Å². The lowest BCUT2D eigenvalue weighted by atomic mass is 9.82. The van der Waals surface area contributed by atoms with E-state index < -0.39 is 11.6 Å². The van der Waals surface area contributed by atoms with Crippen molar-refractivity contribution in [3.05, 3.63) is 34.9 Å². The predicted molar refractivity (Wildman–Crippen MR) is 69.5 cm³/mol. The van der Waals surface area contributed by atoms with Gasteiger partial charge in [0.2, 0.25) is 0 Å². The molecule has 1 nitrogen and oxygen atoms in total. The third-order valence-corrected chi connectivity index (χ3v) is 4.17. The van der Waals surface area contributed by atoms with E-state index in [0.717, 1.165) is 25.7 Å². The number of aryl methyl sites for hydroxylation is 1. The molecule has 18 heavy (non-hydrogen) atoms. The molecule has 1 aromatic rings. The molecule has 0 aromatic heterocycles. The molecule has 0 amide bonds. The van der Waals surface area contributed by atoms with Gasteiger partial charge in [-0.1, -0.05) is 31.4 Å². The van der Waals surface area contributed by atoms with E-state index in [0.29, 0.717) is 17.7 Å². The maximum absolute atomic E-state index is 14.1. The van der Waals surface area contributed by atoms with Crippen LogP contribution >= 0.6 is 0 Å². The summed E-state index contributed by atoms with van der Waals surface area (Å²) in [5, 5.41) is 0. The van der Waals surface area contributed by atoms with E-state index in [-0.39, 0.29) is 11.8 Å². The Kier molecular flexibility index (Phi) is 4.33. The van der Waals surface area contributed by atoms with Crippen molar-refractivity contribution in [3.8, 4) is 0 Å². The second kappa shape index (κ2) is 5.79. The van der Waals surface area contributed by atoms with Crippen molar-refractivity contribution in [1.29, 1.82) is 0 Å². The van der Waals surface area contributed by atoms with Crippen LogP contribution in [0.15, 0.2) is 12.1 Å². The minimum atomic E-state index is -0.701. The molecule has 2 unspecified atom stereocenters. The van der Waals surface area contributed by atoms with Gasteiger partial charge in [-0.25, -0.2) is 8.78 Å². The molecule has 1 fully saturated rings. The Labute approximate surface area is 107 Å². The largest absolute Gasteiger partial charge is 0.330 e. The summed E-state index contributed by atoms with van der Waals surface area (Å²) < 4.78 is 27.7. The van der Waals surface area contributed by atoms with Gasteiger partial charge in [-0.05, 0) is 49.3 Å².